The molecular formula is C12H19NO2. The third kappa shape index (κ3) is 3.39. The summed E-state index contributed by atoms with van der Waals surface area (Å²) < 4.78 is 4.63. The highest BCUT2D eigenvalue weighted by molar-refractivity contribution is 5.83. The third-order valence-corrected chi connectivity index (χ3v) is 2.61. The maximum atomic E-state index is 11.5. The third-order valence-electron chi connectivity index (χ3n) is 2.61. The van der Waals surface area contributed by atoms with Gasteiger partial charge in [0.1, 0.15) is 0 Å². The van der Waals surface area contributed by atoms with Gasteiger partial charge in [0.05, 0.1) is 13.2 Å². The van der Waals surface area contributed by atoms with Crippen molar-refractivity contribution in [2.45, 2.75) is 40.0 Å². The lowest BCUT2D eigenvalue weighted by Gasteiger charge is -2.19. The Labute approximate surface area is 91.7 Å². The largest absolute Gasteiger partial charge is 0.468 e. The van der Waals surface area contributed by atoms with E-state index in [1.807, 2.05) is 12.1 Å². The number of carbonyl (C=O) groups is 1. The summed E-state index contributed by atoms with van der Waals surface area (Å²) in [5.74, 6) is -0.491. The topological polar surface area (TPSA) is 50.1 Å². The molecule has 0 amide bonds. The second kappa shape index (κ2) is 6.23. The van der Waals surface area contributed by atoms with Gasteiger partial charge in [-0.05, 0) is 25.8 Å². The number of hydrogen-bond acceptors (Lipinski definition) is 3. The van der Waals surface area contributed by atoms with Crippen LogP contribution in [0.2, 0.25) is 0 Å². The maximum Gasteiger partial charge on any atom is 0.330 e. The molecule has 0 fully saturated rings. The number of methoxy groups -OCH3 is 1. The van der Waals surface area contributed by atoms with Crippen LogP contribution < -0.4 is 0 Å². The summed E-state index contributed by atoms with van der Waals surface area (Å²) in [5, 5.41) is 9.02. The summed E-state index contributed by atoms with van der Waals surface area (Å²) in [6.45, 7) is 5.50. The average Bonchev–Trinajstić information content (AvgIpc) is 2.26. The molecule has 0 radical (unpaired) electrons. The molecule has 0 aliphatic carbocycles. The minimum absolute atomic E-state index is 0.491. The van der Waals surface area contributed by atoms with Gasteiger partial charge in [0.2, 0.25) is 0 Å². The fourth-order valence-corrected chi connectivity index (χ4v) is 1.23. The van der Waals surface area contributed by atoms with E-state index >= 15 is 0 Å². The quantitative estimate of drug-likeness (QED) is 0.397. The Morgan fingerprint density at radius 1 is 1.60 bits per heavy atom. The lowest BCUT2D eigenvalue weighted by molar-refractivity contribution is -0.146. The second-order valence-electron chi connectivity index (χ2n) is 3.76. The van der Waals surface area contributed by atoms with Gasteiger partial charge in [0.25, 0.3) is 0 Å². The molecule has 0 spiro atoms. The highest BCUT2D eigenvalue weighted by Gasteiger charge is 2.36. The van der Waals surface area contributed by atoms with E-state index in [9.17, 15) is 4.79 Å². The van der Waals surface area contributed by atoms with E-state index in [-0.39, 0.29) is 0 Å². The smallest absolute Gasteiger partial charge is 0.330 e. The predicted octanol–water partition coefficient (Wildman–Crippen LogP) is 2.83. The molecule has 15 heavy (non-hydrogen) atoms. The van der Waals surface area contributed by atoms with Gasteiger partial charge in [-0.15, -0.1) is 0 Å². The number of ether oxygens (including phenoxy) is 1. The predicted molar refractivity (Wildman–Crippen MR) is 59.0 cm³/mol. The van der Waals surface area contributed by atoms with E-state index in [0.717, 1.165) is 24.8 Å². The van der Waals surface area contributed by atoms with Crippen LogP contribution in [0.15, 0.2) is 11.6 Å². The maximum absolute atomic E-state index is 11.5. The lowest BCUT2D eigenvalue weighted by atomic mass is 9.84. The van der Waals surface area contributed by atoms with Crippen LogP contribution in [0.5, 0.6) is 0 Å². The number of allylic oxidation sites excluding steroid dienone is 1. The van der Waals surface area contributed by atoms with Gasteiger partial charge in [-0.2, -0.15) is 5.26 Å². The Bertz CT molecular complexity index is 288. The molecule has 0 aliphatic heterocycles. The van der Waals surface area contributed by atoms with Crippen LogP contribution >= 0.6 is 0 Å². The first kappa shape index (κ1) is 13.7. The Morgan fingerprint density at radius 2 is 2.20 bits per heavy atom. The van der Waals surface area contributed by atoms with Crippen LogP contribution in [0.25, 0.3) is 0 Å². The van der Waals surface area contributed by atoms with Crippen molar-refractivity contribution in [1.82, 2.24) is 0 Å². The molecule has 0 bridgehead atoms. The van der Waals surface area contributed by atoms with Crippen molar-refractivity contribution in [3.05, 3.63) is 11.6 Å². The first-order chi connectivity index (χ1) is 7.02. The summed E-state index contributed by atoms with van der Waals surface area (Å²) in [6.07, 6.45) is 5.02. The van der Waals surface area contributed by atoms with Crippen LogP contribution in [-0.2, 0) is 9.53 Å². The van der Waals surface area contributed by atoms with Crippen molar-refractivity contribution >= 4 is 5.97 Å². The first-order valence-corrected chi connectivity index (χ1v) is 5.19. The molecule has 3 heteroatoms. The molecule has 0 rings (SSSR count). The van der Waals surface area contributed by atoms with Gasteiger partial charge in [-0.1, -0.05) is 25.8 Å². The Kier molecular flexibility index (Phi) is 5.69. The fourth-order valence-electron chi connectivity index (χ4n) is 1.23. The Morgan fingerprint density at radius 3 is 2.60 bits per heavy atom. The first-order valence-electron chi connectivity index (χ1n) is 5.19. The molecule has 0 aliphatic rings. The number of unbranched alkanes of at least 4 members (excludes halogenated alkanes) is 2. The SMILES string of the molecule is CCCC/C=C(/C)[C@](C)(C#N)C(=O)OC. The zero-order chi connectivity index (χ0) is 11.9. The molecule has 0 N–H and O–H groups in total. The summed E-state index contributed by atoms with van der Waals surface area (Å²) in [6, 6.07) is 2.01. The molecule has 0 unspecified atom stereocenters. The highest BCUT2D eigenvalue weighted by atomic mass is 16.5. The van der Waals surface area contributed by atoms with Crippen LogP contribution in [0.3, 0.4) is 0 Å². The summed E-state index contributed by atoms with van der Waals surface area (Å²) in [5.41, 5.74) is -0.368. The van der Waals surface area contributed by atoms with Gasteiger partial charge < -0.3 is 4.74 Å². The van der Waals surface area contributed by atoms with Crippen molar-refractivity contribution in [3.8, 4) is 6.07 Å². The molecule has 1 atom stereocenters. The minimum atomic E-state index is -1.14. The van der Waals surface area contributed by atoms with Crippen LogP contribution in [-0.4, -0.2) is 13.1 Å². The highest BCUT2D eigenvalue weighted by Crippen LogP contribution is 2.27. The van der Waals surface area contributed by atoms with Gasteiger partial charge in [0, 0.05) is 0 Å². The Hall–Kier alpha value is -1.30. The van der Waals surface area contributed by atoms with E-state index in [2.05, 4.69) is 11.7 Å². The van der Waals surface area contributed by atoms with Crippen molar-refractivity contribution in [2.24, 2.45) is 5.41 Å². The molecule has 84 valence electrons. The number of nitrogens with zero attached hydrogens (tertiary/aromatic N) is 1. The van der Waals surface area contributed by atoms with Gasteiger partial charge in [0.15, 0.2) is 5.41 Å². The van der Waals surface area contributed by atoms with Gasteiger partial charge in [-0.25, -0.2) is 4.79 Å². The molecule has 0 aromatic heterocycles. The van der Waals surface area contributed by atoms with E-state index in [1.165, 1.54) is 7.11 Å². The Balaban J connectivity index is 4.74. The minimum Gasteiger partial charge on any atom is -0.468 e. The number of hydrogen-bond donors (Lipinski definition) is 0. The number of nitriles is 1. The van der Waals surface area contributed by atoms with Gasteiger partial charge in [-0.3, -0.25) is 0 Å². The summed E-state index contributed by atoms with van der Waals surface area (Å²) in [4.78, 5) is 11.5. The van der Waals surface area contributed by atoms with Crippen LogP contribution in [0.4, 0.5) is 0 Å². The zero-order valence-corrected chi connectivity index (χ0v) is 9.96. The van der Waals surface area contributed by atoms with Crippen LogP contribution in [0, 0.1) is 16.7 Å². The summed E-state index contributed by atoms with van der Waals surface area (Å²) in [7, 11) is 1.30. The van der Waals surface area contributed by atoms with Crippen molar-refractivity contribution in [1.29, 1.82) is 5.26 Å². The molecule has 0 heterocycles. The molecule has 3 nitrogen and oxygen atoms in total. The fraction of sp³-hybridized carbons (Fsp3) is 0.667. The number of carbonyl (C=O) groups excluding carboxylic acids is 1. The van der Waals surface area contributed by atoms with E-state index in [1.54, 1.807) is 13.8 Å². The van der Waals surface area contributed by atoms with E-state index in [0.29, 0.717) is 0 Å². The van der Waals surface area contributed by atoms with Crippen molar-refractivity contribution < 1.29 is 9.53 Å². The normalized spacial score (nSPS) is 15.3. The average molecular weight is 209 g/mol. The lowest BCUT2D eigenvalue weighted by Crippen LogP contribution is -2.28. The van der Waals surface area contributed by atoms with E-state index in [4.69, 9.17) is 5.26 Å². The number of esters is 1. The monoisotopic (exact) mass is 209 g/mol. The zero-order valence-electron chi connectivity index (χ0n) is 9.96. The van der Waals surface area contributed by atoms with Crippen molar-refractivity contribution in [3.63, 3.8) is 0 Å². The molecule has 0 saturated carbocycles. The molecule has 0 aromatic rings. The number of rotatable bonds is 5. The second-order valence-corrected chi connectivity index (χ2v) is 3.76. The summed E-state index contributed by atoms with van der Waals surface area (Å²) >= 11 is 0. The van der Waals surface area contributed by atoms with Crippen molar-refractivity contribution in [2.75, 3.05) is 7.11 Å². The van der Waals surface area contributed by atoms with E-state index < -0.39 is 11.4 Å². The molecule has 0 saturated heterocycles. The van der Waals surface area contributed by atoms with Gasteiger partial charge >= 0.3 is 5.97 Å². The van der Waals surface area contributed by atoms with Crippen LogP contribution in [0.1, 0.15) is 40.0 Å². The molecule has 0 aromatic carbocycles. The molecular weight excluding hydrogens is 190 g/mol. The standard InChI is InChI=1S/C12H19NO2/c1-5-6-7-8-10(2)12(3,9-13)11(14)15-4/h8H,5-7H2,1-4H3/b10-8-/t12-/m0/s1.